The summed E-state index contributed by atoms with van der Waals surface area (Å²) in [5.74, 6) is 0.890. The second kappa shape index (κ2) is 3.69. The SMILES string of the molecule is c1cc(Cc2nc3ncncc3[nH]2)ccn1. The van der Waals surface area contributed by atoms with Crippen molar-refractivity contribution in [2.24, 2.45) is 0 Å². The lowest BCUT2D eigenvalue weighted by Gasteiger charge is -1.95. The molecule has 5 heteroatoms. The molecule has 0 aliphatic rings. The quantitative estimate of drug-likeness (QED) is 0.694. The molecule has 78 valence electrons. The minimum Gasteiger partial charge on any atom is -0.339 e. The van der Waals surface area contributed by atoms with Crippen LogP contribution in [0.3, 0.4) is 0 Å². The van der Waals surface area contributed by atoms with E-state index >= 15 is 0 Å². The van der Waals surface area contributed by atoms with Gasteiger partial charge in [-0.05, 0) is 17.7 Å². The summed E-state index contributed by atoms with van der Waals surface area (Å²) in [7, 11) is 0. The number of hydrogen-bond donors (Lipinski definition) is 1. The Bertz CT molecular complexity index is 569. The normalized spacial score (nSPS) is 10.8. The van der Waals surface area contributed by atoms with Crippen LogP contribution in [0.1, 0.15) is 11.4 Å². The Morgan fingerprint density at radius 1 is 1.12 bits per heavy atom. The Kier molecular flexibility index (Phi) is 2.07. The van der Waals surface area contributed by atoms with Crippen molar-refractivity contribution in [3.63, 3.8) is 0 Å². The number of imidazole rings is 1. The van der Waals surface area contributed by atoms with Crippen molar-refractivity contribution < 1.29 is 0 Å². The molecule has 0 spiro atoms. The van der Waals surface area contributed by atoms with Gasteiger partial charge in [0.2, 0.25) is 0 Å². The third-order valence-electron chi connectivity index (χ3n) is 2.33. The molecule has 0 aliphatic carbocycles. The average molecular weight is 211 g/mol. The van der Waals surface area contributed by atoms with Crippen LogP contribution in [0, 0.1) is 0 Å². The van der Waals surface area contributed by atoms with Gasteiger partial charge in [0.25, 0.3) is 0 Å². The Morgan fingerprint density at radius 3 is 2.81 bits per heavy atom. The monoisotopic (exact) mass is 211 g/mol. The van der Waals surface area contributed by atoms with Crippen molar-refractivity contribution in [2.75, 3.05) is 0 Å². The highest BCUT2D eigenvalue weighted by molar-refractivity contribution is 5.68. The van der Waals surface area contributed by atoms with Gasteiger partial charge in [0, 0.05) is 18.8 Å². The maximum atomic E-state index is 4.38. The van der Waals surface area contributed by atoms with Gasteiger partial charge in [0.15, 0.2) is 5.65 Å². The van der Waals surface area contributed by atoms with E-state index in [2.05, 4.69) is 24.9 Å². The van der Waals surface area contributed by atoms with Crippen molar-refractivity contribution in [3.05, 3.63) is 48.4 Å². The molecule has 0 saturated heterocycles. The summed E-state index contributed by atoms with van der Waals surface area (Å²) in [6.07, 6.45) is 7.53. The highest BCUT2D eigenvalue weighted by Crippen LogP contribution is 2.09. The van der Waals surface area contributed by atoms with Gasteiger partial charge in [-0.3, -0.25) is 4.98 Å². The molecule has 16 heavy (non-hydrogen) atoms. The topological polar surface area (TPSA) is 67.3 Å². The van der Waals surface area contributed by atoms with E-state index in [-0.39, 0.29) is 0 Å². The highest BCUT2D eigenvalue weighted by Gasteiger charge is 2.03. The Balaban J connectivity index is 1.95. The third-order valence-corrected chi connectivity index (χ3v) is 2.33. The summed E-state index contributed by atoms with van der Waals surface area (Å²) in [4.78, 5) is 19.6. The molecule has 5 nitrogen and oxygen atoms in total. The molecule has 0 unspecified atom stereocenters. The lowest BCUT2D eigenvalue weighted by Crippen LogP contribution is -1.90. The van der Waals surface area contributed by atoms with E-state index in [1.807, 2.05) is 12.1 Å². The van der Waals surface area contributed by atoms with Crippen LogP contribution in [0.15, 0.2) is 37.1 Å². The van der Waals surface area contributed by atoms with Crippen LogP contribution in [-0.4, -0.2) is 24.9 Å². The van der Waals surface area contributed by atoms with Crippen LogP contribution in [0.2, 0.25) is 0 Å². The number of aromatic nitrogens is 5. The predicted octanol–water partition coefficient (Wildman–Crippen LogP) is 1.34. The summed E-state index contributed by atoms with van der Waals surface area (Å²) in [6, 6.07) is 3.94. The first-order chi connectivity index (χ1) is 7.92. The molecule has 0 amide bonds. The van der Waals surface area contributed by atoms with Crippen LogP contribution in [0.4, 0.5) is 0 Å². The Morgan fingerprint density at radius 2 is 2.00 bits per heavy atom. The van der Waals surface area contributed by atoms with E-state index in [1.165, 1.54) is 11.9 Å². The molecular formula is C11H9N5. The molecule has 0 bridgehead atoms. The van der Waals surface area contributed by atoms with Crippen molar-refractivity contribution in [2.45, 2.75) is 6.42 Å². The molecule has 0 saturated carbocycles. The molecule has 0 radical (unpaired) electrons. The van der Waals surface area contributed by atoms with E-state index in [4.69, 9.17) is 0 Å². The summed E-state index contributed by atoms with van der Waals surface area (Å²) in [5, 5.41) is 0. The first-order valence-corrected chi connectivity index (χ1v) is 4.95. The fraction of sp³-hybridized carbons (Fsp3) is 0.0909. The number of pyridine rings is 1. The smallest absolute Gasteiger partial charge is 0.180 e. The third kappa shape index (κ3) is 1.63. The van der Waals surface area contributed by atoms with Gasteiger partial charge >= 0.3 is 0 Å². The summed E-state index contributed by atoms with van der Waals surface area (Å²) in [5.41, 5.74) is 2.74. The number of nitrogens with one attached hydrogen (secondary N) is 1. The second-order valence-electron chi connectivity index (χ2n) is 3.48. The van der Waals surface area contributed by atoms with Gasteiger partial charge < -0.3 is 4.98 Å². The first-order valence-electron chi connectivity index (χ1n) is 4.95. The van der Waals surface area contributed by atoms with Crippen molar-refractivity contribution in [1.82, 2.24) is 24.9 Å². The summed E-state index contributed by atoms with van der Waals surface area (Å²) < 4.78 is 0. The molecule has 0 fully saturated rings. The zero-order chi connectivity index (χ0) is 10.8. The van der Waals surface area contributed by atoms with E-state index in [0.717, 1.165) is 17.8 Å². The predicted molar refractivity (Wildman–Crippen MR) is 58.7 cm³/mol. The fourth-order valence-electron chi connectivity index (χ4n) is 1.59. The van der Waals surface area contributed by atoms with Crippen molar-refractivity contribution in [3.8, 4) is 0 Å². The molecule has 3 rings (SSSR count). The summed E-state index contributed by atoms with van der Waals surface area (Å²) >= 11 is 0. The van der Waals surface area contributed by atoms with Gasteiger partial charge in [-0.15, -0.1) is 0 Å². The largest absolute Gasteiger partial charge is 0.339 e. The van der Waals surface area contributed by atoms with Gasteiger partial charge in [-0.1, -0.05) is 0 Å². The number of fused-ring (bicyclic) bond motifs is 1. The van der Waals surface area contributed by atoms with Gasteiger partial charge in [0.05, 0.1) is 6.20 Å². The lowest BCUT2D eigenvalue weighted by atomic mass is 10.2. The van der Waals surface area contributed by atoms with Gasteiger partial charge in [-0.2, -0.15) is 0 Å². The molecule has 0 aliphatic heterocycles. The standard InChI is InChI=1S/C11H9N5/c1-3-12-4-2-8(1)5-10-15-9-6-13-7-14-11(9)16-10/h1-4,6-7H,5H2,(H,13,14,15,16). The first kappa shape index (κ1) is 8.96. The summed E-state index contributed by atoms with van der Waals surface area (Å²) in [6.45, 7) is 0. The number of aromatic amines is 1. The van der Waals surface area contributed by atoms with Crippen LogP contribution < -0.4 is 0 Å². The highest BCUT2D eigenvalue weighted by atomic mass is 15.0. The van der Waals surface area contributed by atoms with Crippen LogP contribution in [0.25, 0.3) is 11.2 Å². The van der Waals surface area contributed by atoms with Crippen molar-refractivity contribution in [1.29, 1.82) is 0 Å². The Labute approximate surface area is 91.6 Å². The number of H-pyrrole nitrogens is 1. The van der Waals surface area contributed by atoms with E-state index < -0.39 is 0 Å². The van der Waals surface area contributed by atoms with Gasteiger partial charge in [-0.25, -0.2) is 15.0 Å². The van der Waals surface area contributed by atoms with E-state index in [9.17, 15) is 0 Å². The van der Waals surface area contributed by atoms with Crippen LogP contribution >= 0.6 is 0 Å². The molecule has 0 atom stereocenters. The molecular weight excluding hydrogens is 202 g/mol. The zero-order valence-electron chi connectivity index (χ0n) is 8.46. The minimum absolute atomic E-state index is 0.707. The second-order valence-corrected chi connectivity index (χ2v) is 3.48. The average Bonchev–Trinajstić information content (AvgIpc) is 2.72. The van der Waals surface area contributed by atoms with E-state index in [1.54, 1.807) is 18.6 Å². The van der Waals surface area contributed by atoms with Crippen LogP contribution in [-0.2, 0) is 6.42 Å². The lowest BCUT2D eigenvalue weighted by molar-refractivity contribution is 1.03. The van der Waals surface area contributed by atoms with Crippen molar-refractivity contribution >= 4 is 11.2 Å². The maximum absolute atomic E-state index is 4.38. The molecule has 3 heterocycles. The van der Waals surface area contributed by atoms with Gasteiger partial charge in [0.1, 0.15) is 17.7 Å². The molecule has 3 aromatic rings. The number of nitrogens with zero attached hydrogens (tertiary/aromatic N) is 4. The number of hydrogen-bond acceptors (Lipinski definition) is 4. The molecule has 0 aromatic carbocycles. The molecule has 3 aromatic heterocycles. The zero-order valence-corrected chi connectivity index (χ0v) is 8.46. The Hall–Kier alpha value is -2.30. The van der Waals surface area contributed by atoms with Crippen LogP contribution in [0.5, 0.6) is 0 Å². The van der Waals surface area contributed by atoms with E-state index in [0.29, 0.717) is 5.65 Å². The molecule has 1 N–H and O–H groups in total. The maximum Gasteiger partial charge on any atom is 0.180 e. The minimum atomic E-state index is 0.707. The fourth-order valence-corrected chi connectivity index (χ4v) is 1.59. The number of rotatable bonds is 2.